The molecule has 0 radical (unpaired) electrons. The molecule has 0 aromatic carbocycles. The summed E-state index contributed by atoms with van der Waals surface area (Å²) >= 11 is 0. The van der Waals surface area contributed by atoms with Crippen molar-refractivity contribution in [3.63, 3.8) is 0 Å². The minimum atomic E-state index is 0.328. The summed E-state index contributed by atoms with van der Waals surface area (Å²) in [5.74, 6) is 0. The molecule has 0 aromatic heterocycles. The highest BCUT2D eigenvalue weighted by molar-refractivity contribution is 4.74. The van der Waals surface area contributed by atoms with Crippen molar-refractivity contribution in [2.24, 2.45) is 5.73 Å². The molecule has 108 valence electrons. The highest BCUT2D eigenvalue weighted by Gasteiger charge is 2.17. The minimum Gasteiger partial charge on any atom is -0.329 e. The van der Waals surface area contributed by atoms with E-state index in [9.17, 15) is 0 Å². The van der Waals surface area contributed by atoms with Crippen LogP contribution >= 0.6 is 0 Å². The van der Waals surface area contributed by atoms with Crippen LogP contribution in [0.1, 0.15) is 13.8 Å². The maximum Gasteiger partial charge on any atom is 0.0580 e. The molecule has 1 heterocycles. The van der Waals surface area contributed by atoms with E-state index in [-0.39, 0.29) is 0 Å². The smallest absolute Gasteiger partial charge is 0.0580 e. The van der Waals surface area contributed by atoms with E-state index in [1.165, 1.54) is 0 Å². The van der Waals surface area contributed by atoms with Gasteiger partial charge in [-0.25, -0.2) is 0 Å². The third kappa shape index (κ3) is 6.63. The molecule has 1 rings (SSSR count). The van der Waals surface area contributed by atoms with E-state index in [2.05, 4.69) is 40.0 Å². The van der Waals surface area contributed by atoms with Crippen molar-refractivity contribution in [3.05, 3.63) is 0 Å². The molecule has 6 nitrogen and oxygen atoms in total. The van der Waals surface area contributed by atoms with Crippen LogP contribution in [0.5, 0.6) is 0 Å². The molecule has 0 aliphatic carbocycles. The third-order valence-corrected chi connectivity index (χ3v) is 3.26. The standard InChI is InChI=1S/C12H30N6/c1-11(16-6-5-14-4-3-13)17-12(2)18-9-7-15-8-10-18/h11-12,14-17H,3-10,13H2,1-2H3. The van der Waals surface area contributed by atoms with Crippen LogP contribution < -0.4 is 27.0 Å². The van der Waals surface area contributed by atoms with Crippen LogP contribution in [0.4, 0.5) is 0 Å². The second kappa shape index (κ2) is 9.66. The summed E-state index contributed by atoms with van der Waals surface area (Å²) in [6.45, 7) is 12.4. The molecule has 6 N–H and O–H groups in total. The van der Waals surface area contributed by atoms with Gasteiger partial charge in [-0.3, -0.25) is 10.2 Å². The first-order valence-electron chi connectivity index (χ1n) is 7.09. The average molecular weight is 258 g/mol. The van der Waals surface area contributed by atoms with Gasteiger partial charge in [0.05, 0.1) is 12.3 Å². The molecule has 0 amide bonds. The van der Waals surface area contributed by atoms with Gasteiger partial charge in [-0.05, 0) is 13.8 Å². The second-order valence-electron chi connectivity index (χ2n) is 4.84. The highest BCUT2D eigenvalue weighted by atomic mass is 15.3. The zero-order chi connectivity index (χ0) is 13.2. The molecule has 1 fully saturated rings. The first-order chi connectivity index (χ1) is 8.74. The lowest BCUT2D eigenvalue weighted by atomic mass is 10.3. The van der Waals surface area contributed by atoms with Crippen LogP contribution in [0.25, 0.3) is 0 Å². The van der Waals surface area contributed by atoms with Gasteiger partial charge >= 0.3 is 0 Å². The van der Waals surface area contributed by atoms with Crippen LogP contribution in [0.2, 0.25) is 0 Å². The quantitative estimate of drug-likeness (QED) is 0.251. The summed E-state index contributed by atoms with van der Waals surface area (Å²) in [6, 6.07) is 0. The normalized spacial score (nSPS) is 20.8. The molecule has 1 aliphatic heterocycles. The zero-order valence-corrected chi connectivity index (χ0v) is 11.8. The fourth-order valence-electron chi connectivity index (χ4n) is 2.20. The average Bonchev–Trinajstić information content (AvgIpc) is 2.39. The van der Waals surface area contributed by atoms with E-state index < -0.39 is 0 Å². The Bertz CT molecular complexity index is 195. The predicted molar refractivity (Wildman–Crippen MR) is 76.4 cm³/mol. The number of rotatable bonds is 9. The maximum atomic E-state index is 5.41. The molecular weight excluding hydrogens is 228 g/mol. The molecule has 1 aliphatic rings. The lowest BCUT2D eigenvalue weighted by Crippen LogP contribution is -2.56. The summed E-state index contributed by atoms with van der Waals surface area (Å²) in [7, 11) is 0. The van der Waals surface area contributed by atoms with Crippen molar-refractivity contribution in [3.8, 4) is 0 Å². The lowest BCUT2D eigenvalue weighted by Gasteiger charge is -2.35. The van der Waals surface area contributed by atoms with Crippen molar-refractivity contribution in [2.75, 3.05) is 52.4 Å². The van der Waals surface area contributed by atoms with Gasteiger partial charge in [0.1, 0.15) is 0 Å². The van der Waals surface area contributed by atoms with Gasteiger partial charge in [0.25, 0.3) is 0 Å². The maximum absolute atomic E-state index is 5.41. The fourth-order valence-corrected chi connectivity index (χ4v) is 2.20. The number of nitrogens with two attached hydrogens (primary N) is 1. The predicted octanol–water partition coefficient (Wildman–Crippen LogP) is -1.69. The summed E-state index contributed by atoms with van der Waals surface area (Å²) in [6.07, 6.45) is 0.751. The molecule has 1 saturated heterocycles. The first-order valence-corrected chi connectivity index (χ1v) is 7.09. The SMILES string of the molecule is CC(NCCNCCN)NC(C)N1CCNCC1. The van der Waals surface area contributed by atoms with Crippen molar-refractivity contribution in [2.45, 2.75) is 26.2 Å². The Morgan fingerprint density at radius 3 is 2.56 bits per heavy atom. The van der Waals surface area contributed by atoms with Gasteiger partial charge in [-0.15, -0.1) is 0 Å². The van der Waals surface area contributed by atoms with Crippen LogP contribution in [0, 0.1) is 0 Å². The van der Waals surface area contributed by atoms with Crippen LogP contribution in [-0.4, -0.2) is 69.6 Å². The van der Waals surface area contributed by atoms with E-state index in [4.69, 9.17) is 5.73 Å². The zero-order valence-electron chi connectivity index (χ0n) is 11.8. The molecule has 2 atom stereocenters. The lowest BCUT2D eigenvalue weighted by molar-refractivity contribution is 0.143. The van der Waals surface area contributed by atoms with Crippen LogP contribution in [0.3, 0.4) is 0 Å². The molecule has 0 saturated carbocycles. The van der Waals surface area contributed by atoms with Crippen LogP contribution in [0.15, 0.2) is 0 Å². The molecular formula is C12H30N6. The van der Waals surface area contributed by atoms with E-state index in [0.717, 1.165) is 45.8 Å². The monoisotopic (exact) mass is 258 g/mol. The number of hydrogen-bond acceptors (Lipinski definition) is 6. The topological polar surface area (TPSA) is 77.4 Å². The van der Waals surface area contributed by atoms with Gasteiger partial charge in [0.15, 0.2) is 0 Å². The molecule has 0 spiro atoms. The second-order valence-corrected chi connectivity index (χ2v) is 4.84. The van der Waals surface area contributed by atoms with Gasteiger partial charge in [0, 0.05) is 52.4 Å². The molecule has 0 aromatic rings. The molecule has 0 bridgehead atoms. The third-order valence-electron chi connectivity index (χ3n) is 3.26. The molecule has 2 unspecified atom stereocenters. The minimum absolute atomic E-state index is 0.328. The van der Waals surface area contributed by atoms with Crippen molar-refractivity contribution in [1.29, 1.82) is 0 Å². The summed E-state index contributed by atoms with van der Waals surface area (Å²) in [4.78, 5) is 2.47. The highest BCUT2D eigenvalue weighted by Crippen LogP contribution is 1.98. The summed E-state index contributed by atoms with van der Waals surface area (Å²) in [5, 5.41) is 13.7. The Hall–Kier alpha value is -0.240. The Morgan fingerprint density at radius 2 is 1.89 bits per heavy atom. The van der Waals surface area contributed by atoms with Crippen molar-refractivity contribution >= 4 is 0 Å². The fraction of sp³-hybridized carbons (Fsp3) is 1.00. The first kappa shape index (κ1) is 15.8. The van der Waals surface area contributed by atoms with E-state index >= 15 is 0 Å². The Morgan fingerprint density at radius 1 is 1.17 bits per heavy atom. The number of nitrogens with one attached hydrogen (secondary N) is 4. The largest absolute Gasteiger partial charge is 0.329 e. The summed E-state index contributed by atoms with van der Waals surface area (Å²) in [5.41, 5.74) is 5.41. The number of piperazine rings is 1. The molecule has 18 heavy (non-hydrogen) atoms. The van der Waals surface area contributed by atoms with Gasteiger partial charge < -0.3 is 21.7 Å². The number of hydrogen-bond donors (Lipinski definition) is 5. The van der Waals surface area contributed by atoms with Crippen molar-refractivity contribution < 1.29 is 0 Å². The number of nitrogens with zero attached hydrogens (tertiary/aromatic N) is 1. The van der Waals surface area contributed by atoms with Crippen molar-refractivity contribution in [1.82, 2.24) is 26.2 Å². The van der Waals surface area contributed by atoms with Gasteiger partial charge in [-0.1, -0.05) is 0 Å². The Balaban J connectivity index is 2.05. The van der Waals surface area contributed by atoms with Crippen LogP contribution in [-0.2, 0) is 0 Å². The summed E-state index contributed by atoms with van der Waals surface area (Å²) < 4.78 is 0. The van der Waals surface area contributed by atoms with Gasteiger partial charge in [0.2, 0.25) is 0 Å². The Kier molecular flexibility index (Phi) is 8.49. The van der Waals surface area contributed by atoms with Gasteiger partial charge in [-0.2, -0.15) is 0 Å². The van der Waals surface area contributed by atoms with E-state index in [1.54, 1.807) is 0 Å². The molecule has 6 heteroatoms. The van der Waals surface area contributed by atoms with E-state index in [1.807, 2.05) is 0 Å². The van der Waals surface area contributed by atoms with E-state index in [0.29, 0.717) is 18.9 Å². The Labute approximate surface area is 111 Å².